The lowest BCUT2D eigenvalue weighted by Crippen LogP contribution is -2.27. The monoisotopic (exact) mass is 332 g/mol. The van der Waals surface area contributed by atoms with E-state index in [4.69, 9.17) is 5.26 Å². The fourth-order valence-electron chi connectivity index (χ4n) is 2.43. The molecule has 23 heavy (non-hydrogen) atoms. The van der Waals surface area contributed by atoms with Crippen molar-refractivity contribution in [3.05, 3.63) is 60.2 Å². The molecular formula is C17H17FN2O2S. The van der Waals surface area contributed by atoms with Gasteiger partial charge in [-0.15, -0.1) is 3.89 Å². The van der Waals surface area contributed by atoms with Crippen LogP contribution in [-0.4, -0.2) is 15.0 Å². The van der Waals surface area contributed by atoms with Crippen LogP contribution in [0.4, 0.5) is 9.57 Å². The topological polar surface area (TPSA) is 61.2 Å². The van der Waals surface area contributed by atoms with Gasteiger partial charge in [-0.25, -0.2) is 0 Å². The molecule has 0 amide bonds. The molecular weight excluding hydrogens is 315 g/mol. The van der Waals surface area contributed by atoms with Crippen molar-refractivity contribution in [1.29, 1.82) is 5.26 Å². The summed E-state index contributed by atoms with van der Waals surface area (Å²) in [5.41, 5.74) is 1.82. The summed E-state index contributed by atoms with van der Waals surface area (Å²) in [5, 5.41) is 8.86. The summed E-state index contributed by atoms with van der Waals surface area (Å²) in [6.45, 7) is 2.51. The molecule has 0 spiro atoms. The Hall–Kier alpha value is -2.39. The van der Waals surface area contributed by atoms with E-state index in [9.17, 15) is 12.3 Å². The van der Waals surface area contributed by atoms with E-state index < -0.39 is 10.2 Å². The SMILES string of the molecule is CC(c1ccc(S(=O)(=O)F)cc1)N(CCC#N)c1ccccc1. The number of benzene rings is 2. The fourth-order valence-corrected chi connectivity index (χ4v) is 2.89. The molecule has 2 aromatic rings. The van der Waals surface area contributed by atoms with E-state index in [0.29, 0.717) is 13.0 Å². The molecule has 0 N–H and O–H groups in total. The fraction of sp³-hybridized carbons (Fsp3) is 0.235. The molecule has 0 aliphatic heterocycles. The van der Waals surface area contributed by atoms with Gasteiger partial charge in [0.05, 0.1) is 23.4 Å². The van der Waals surface area contributed by atoms with Gasteiger partial charge in [-0.1, -0.05) is 30.3 Å². The standard InChI is InChI=1S/C17H17FN2O2S/c1-14(15-8-10-17(11-9-15)23(18,21)22)20(13-5-12-19)16-6-3-2-4-7-16/h2-4,6-11,14H,5,13H2,1H3. The minimum atomic E-state index is -4.69. The highest BCUT2D eigenvalue weighted by Crippen LogP contribution is 2.27. The Bertz CT molecular complexity index is 784. The van der Waals surface area contributed by atoms with Gasteiger partial charge in [0, 0.05) is 12.2 Å². The Labute approximate surface area is 136 Å². The number of para-hydroxylation sites is 1. The van der Waals surface area contributed by atoms with Crippen molar-refractivity contribution in [1.82, 2.24) is 0 Å². The lowest BCUT2D eigenvalue weighted by molar-refractivity contribution is 0.552. The zero-order valence-corrected chi connectivity index (χ0v) is 13.5. The molecule has 1 atom stereocenters. The van der Waals surface area contributed by atoms with Gasteiger partial charge in [0.1, 0.15) is 0 Å². The van der Waals surface area contributed by atoms with Crippen LogP contribution in [0.5, 0.6) is 0 Å². The molecule has 0 fully saturated rings. The van der Waals surface area contributed by atoms with Crippen molar-refractivity contribution < 1.29 is 12.3 Å². The third-order valence-corrected chi connectivity index (χ3v) is 4.50. The van der Waals surface area contributed by atoms with Gasteiger partial charge in [0.25, 0.3) is 0 Å². The molecule has 0 bridgehead atoms. The lowest BCUT2D eigenvalue weighted by atomic mass is 10.1. The van der Waals surface area contributed by atoms with E-state index in [2.05, 4.69) is 11.0 Å². The summed E-state index contributed by atoms with van der Waals surface area (Å²) in [6.07, 6.45) is 0.371. The largest absolute Gasteiger partial charge is 0.364 e. The van der Waals surface area contributed by atoms with Gasteiger partial charge in [-0.3, -0.25) is 0 Å². The van der Waals surface area contributed by atoms with E-state index in [0.717, 1.165) is 11.3 Å². The number of nitrogens with zero attached hydrogens (tertiary/aromatic N) is 2. The number of rotatable bonds is 6. The first-order chi connectivity index (χ1) is 10.9. The van der Waals surface area contributed by atoms with E-state index in [1.807, 2.05) is 37.3 Å². The van der Waals surface area contributed by atoms with E-state index in [-0.39, 0.29) is 10.9 Å². The van der Waals surface area contributed by atoms with E-state index in [1.165, 1.54) is 12.1 Å². The summed E-state index contributed by atoms with van der Waals surface area (Å²) in [6, 6.07) is 17.4. The summed E-state index contributed by atoms with van der Waals surface area (Å²) < 4.78 is 34.8. The molecule has 0 aromatic heterocycles. The van der Waals surface area contributed by atoms with Gasteiger partial charge in [-0.05, 0) is 36.8 Å². The van der Waals surface area contributed by atoms with Crippen molar-refractivity contribution >= 4 is 15.9 Å². The Morgan fingerprint density at radius 1 is 1.13 bits per heavy atom. The highest BCUT2D eigenvalue weighted by molar-refractivity contribution is 7.86. The summed E-state index contributed by atoms with van der Waals surface area (Å²) in [7, 11) is -4.69. The zero-order valence-electron chi connectivity index (χ0n) is 12.7. The van der Waals surface area contributed by atoms with Crippen LogP contribution in [0.25, 0.3) is 0 Å². The number of hydrogen-bond donors (Lipinski definition) is 0. The smallest absolute Gasteiger partial charge is 0.332 e. The molecule has 0 radical (unpaired) electrons. The van der Waals surface area contributed by atoms with Crippen LogP contribution in [0.3, 0.4) is 0 Å². The first kappa shape index (κ1) is 17.0. The lowest BCUT2D eigenvalue weighted by Gasteiger charge is -2.31. The maximum Gasteiger partial charge on any atom is 0.332 e. The second-order valence-electron chi connectivity index (χ2n) is 5.12. The minimum Gasteiger partial charge on any atom is -0.364 e. The number of halogens is 1. The minimum absolute atomic E-state index is 0.0814. The van der Waals surface area contributed by atoms with Crippen LogP contribution in [-0.2, 0) is 10.2 Å². The van der Waals surface area contributed by atoms with Crippen LogP contribution in [0.1, 0.15) is 24.9 Å². The zero-order chi connectivity index (χ0) is 16.9. The van der Waals surface area contributed by atoms with Gasteiger partial charge < -0.3 is 4.90 Å². The molecule has 1 unspecified atom stereocenters. The quantitative estimate of drug-likeness (QED) is 0.754. The molecule has 6 heteroatoms. The average Bonchev–Trinajstić information content (AvgIpc) is 2.55. The van der Waals surface area contributed by atoms with Gasteiger partial charge in [0.2, 0.25) is 0 Å². The van der Waals surface area contributed by atoms with Crippen molar-refractivity contribution in [3.8, 4) is 6.07 Å². The second-order valence-corrected chi connectivity index (χ2v) is 6.47. The van der Waals surface area contributed by atoms with Gasteiger partial charge >= 0.3 is 10.2 Å². The second kappa shape index (κ2) is 7.25. The summed E-state index contributed by atoms with van der Waals surface area (Å²) in [4.78, 5) is 1.71. The highest BCUT2D eigenvalue weighted by atomic mass is 32.3. The highest BCUT2D eigenvalue weighted by Gasteiger charge is 2.18. The van der Waals surface area contributed by atoms with E-state index >= 15 is 0 Å². The Morgan fingerprint density at radius 2 is 1.74 bits per heavy atom. The first-order valence-electron chi connectivity index (χ1n) is 7.17. The van der Waals surface area contributed by atoms with Crippen molar-refractivity contribution in [2.75, 3.05) is 11.4 Å². The average molecular weight is 332 g/mol. The molecule has 120 valence electrons. The normalized spacial score (nSPS) is 12.4. The molecule has 0 heterocycles. The summed E-state index contributed by atoms with van der Waals surface area (Å²) in [5.74, 6) is 0. The van der Waals surface area contributed by atoms with Crippen LogP contribution in [0.15, 0.2) is 59.5 Å². The third-order valence-electron chi connectivity index (χ3n) is 3.66. The molecule has 0 aliphatic rings. The maximum atomic E-state index is 13.0. The predicted octanol–water partition coefficient (Wildman–Crippen LogP) is 3.83. The van der Waals surface area contributed by atoms with E-state index in [1.54, 1.807) is 12.1 Å². The Balaban J connectivity index is 2.30. The number of hydrogen-bond acceptors (Lipinski definition) is 4. The summed E-state index contributed by atoms with van der Waals surface area (Å²) >= 11 is 0. The third kappa shape index (κ3) is 4.30. The molecule has 2 aromatic carbocycles. The molecule has 0 saturated carbocycles. The number of nitriles is 1. The van der Waals surface area contributed by atoms with Crippen molar-refractivity contribution in [3.63, 3.8) is 0 Å². The first-order valence-corrected chi connectivity index (χ1v) is 8.55. The van der Waals surface area contributed by atoms with Gasteiger partial charge in [-0.2, -0.15) is 13.7 Å². The Kier molecular flexibility index (Phi) is 5.35. The predicted molar refractivity (Wildman–Crippen MR) is 87.2 cm³/mol. The molecule has 4 nitrogen and oxygen atoms in total. The Morgan fingerprint density at radius 3 is 2.26 bits per heavy atom. The maximum absolute atomic E-state index is 13.0. The van der Waals surface area contributed by atoms with Crippen molar-refractivity contribution in [2.24, 2.45) is 0 Å². The van der Waals surface area contributed by atoms with Crippen LogP contribution in [0, 0.1) is 11.3 Å². The molecule has 0 aliphatic carbocycles. The van der Waals surface area contributed by atoms with Crippen LogP contribution >= 0.6 is 0 Å². The van der Waals surface area contributed by atoms with Crippen LogP contribution in [0.2, 0.25) is 0 Å². The molecule has 2 rings (SSSR count). The van der Waals surface area contributed by atoms with Crippen LogP contribution < -0.4 is 4.90 Å². The number of anilines is 1. The molecule has 0 saturated heterocycles. The van der Waals surface area contributed by atoms with Gasteiger partial charge in [0.15, 0.2) is 0 Å². The van der Waals surface area contributed by atoms with Crippen molar-refractivity contribution in [2.45, 2.75) is 24.3 Å².